The van der Waals surface area contributed by atoms with Gasteiger partial charge in [0.05, 0.1) is 13.7 Å². The number of methoxy groups -OCH3 is 1. The monoisotopic (exact) mass is 476 g/mol. The molecule has 1 atom stereocenters. The maximum atomic E-state index is 12.0. The van der Waals surface area contributed by atoms with Crippen molar-refractivity contribution in [2.24, 2.45) is 16.6 Å². The minimum Gasteiger partial charge on any atom is -0.497 e. The van der Waals surface area contributed by atoms with E-state index in [0.29, 0.717) is 30.7 Å². The van der Waals surface area contributed by atoms with Crippen LogP contribution in [0.25, 0.3) is 0 Å². The zero-order chi connectivity index (χ0) is 18.7. The van der Waals surface area contributed by atoms with Crippen LogP contribution in [0.5, 0.6) is 5.75 Å². The Morgan fingerprint density at radius 2 is 1.85 bits per heavy atom. The van der Waals surface area contributed by atoms with Gasteiger partial charge in [-0.25, -0.2) is 0 Å². The lowest BCUT2D eigenvalue weighted by Gasteiger charge is -2.15. The van der Waals surface area contributed by atoms with Crippen molar-refractivity contribution in [2.45, 2.75) is 46.1 Å². The number of rotatable bonds is 10. The number of carbonyl (C=O) groups excluding carboxylic acids is 1. The number of nitrogens with two attached hydrogens (primary N) is 1. The summed E-state index contributed by atoms with van der Waals surface area (Å²) in [6.45, 7) is 7.45. The standard InChI is InChI=1S/C19H32N4O2.HI/c1-14(2)6-5-7-15(3)23-19(20)22-13-12-21-18(24)16-8-10-17(25-4)11-9-16;/h8-11,14-15H,5-7,12-13H2,1-4H3,(H,21,24)(H3,20,22,23);1H. The first-order valence-corrected chi connectivity index (χ1v) is 8.91. The van der Waals surface area contributed by atoms with E-state index in [2.05, 4.69) is 36.4 Å². The summed E-state index contributed by atoms with van der Waals surface area (Å²) in [4.78, 5) is 16.2. The number of nitrogens with zero attached hydrogens (tertiary/aromatic N) is 1. The summed E-state index contributed by atoms with van der Waals surface area (Å²) in [5.74, 6) is 1.75. The maximum absolute atomic E-state index is 12.0. The molecule has 0 saturated carbocycles. The zero-order valence-corrected chi connectivity index (χ0v) is 18.6. The summed E-state index contributed by atoms with van der Waals surface area (Å²) in [7, 11) is 1.59. The van der Waals surface area contributed by atoms with Gasteiger partial charge in [-0.2, -0.15) is 0 Å². The van der Waals surface area contributed by atoms with Crippen molar-refractivity contribution in [1.29, 1.82) is 0 Å². The number of aliphatic imine (C=N–C) groups is 1. The molecule has 0 fully saturated rings. The summed E-state index contributed by atoms with van der Waals surface area (Å²) >= 11 is 0. The topological polar surface area (TPSA) is 88.7 Å². The highest BCUT2D eigenvalue weighted by Gasteiger charge is 2.05. The number of carbonyl (C=O) groups is 1. The lowest BCUT2D eigenvalue weighted by Crippen LogP contribution is -2.39. The number of amides is 1. The molecule has 0 heterocycles. The van der Waals surface area contributed by atoms with E-state index in [1.807, 2.05) is 0 Å². The fourth-order valence-electron chi connectivity index (χ4n) is 2.39. The van der Waals surface area contributed by atoms with Gasteiger partial charge in [-0.3, -0.25) is 9.79 Å². The molecule has 4 N–H and O–H groups in total. The van der Waals surface area contributed by atoms with Crippen LogP contribution in [0.1, 0.15) is 50.4 Å². The van der Waals surface area contributed by atoms with Gasteiger partial charge in [0.25, 0.3) is 5.91 Å². The molecule has 148 valence electrons. The third kappa shape index (κ3) is 10.5. The number of hydrogen-bond acceptors (Lipinski definition) is 3. The van der Waals surface area contributed by atoms with Crippen molar-refractivity contribution in [1.82, 2.24) is 10.6 Å². The minimum absolute atomic E-state index is 0. The molecule has 6 nitrogen and oxygen atoms in total. The third-order valence-electron chi connectivity index (χ3n) is 3.84. The molecule has 0 radical (unpaired) electrons. The van der Waals surface area contributed by atoms with E-state index in [9.17, 15) is 4.79 Å². The molecule has 7 heteroatoms. The van der Waals surface area contributed by atoms with Gasteiger partial charge >= 0.3 is 0 Å². The third-order valence-corrected chi connectivity index (χ3v) is 3.84. The Bertz CT molecular complexity index is 547. The van der Waals surface area contributed by atoms with Gasteiger partial charge in [0.2, 0.25) is 0 Å². The lowest BCUT2D eigenvalue weighted by atomic mass is 10.0. The number of nitrogens with one attached hydrogen (secondary N) is 2. The van der Waals surface area contributed by atoms with E-state index < -0.39 is 0 Å². The van der Waals surface area contributed by atoms with Gasteiger partial charge in [0.1, 0.15) is 5.75 Å². The molecule has 0 aliphatic heterocycles. The van der Waals surface area contributed by atoms with E-state index in [1.54, 1.807) is 31.4 Å². The number of ether oxygens (including phenoxy) is 1. The molecule has 1 aromatic carbocycles. The zero-order valence-electron chi connectivity index (χ0n) is 16.2. The van der Waals surface area contributed by atoms with Crippen LogP contribution < -0.4 is 21.1 Å². The number of halogens is 1. The molecular weight excluding hydrogens is 443 g/mol. The molecule has 0 aliphatic rings. The summed E-state index contributed by atoms with van der Waals surface area (Å²) in [6, 6.07) is 7.28. The molecular formula is C19H33IN4O2. The fourth-order valence-corrected chi connectivity index (χ4v) is 2.39. The highest BCUT2D eigenvalue weighted by atomic mass is 127. The average Bonchev–Trinajstić information content (AvgIpc) is 2.58. The first-order valence-electron chi connectivity index (χ1n) is 8.91. The average molecular weight is 476 g/mol. The summed E-state index contributed by atoms with van der Waals surface area (Å²) in [5.41, 5.74) is 6.47. The molecule has 0 aromatic heterocycles. The molecule has 1 aromatic rings. The van der Waals surface area contributed by atoms with Gasteiger partial charge in [-0.15, -0.1) is 24.0 Å². The summed E-state index contributed by atoms with van der Waals surface area (Å²) < 4.78 is 5.07. The second-order valence-electron chi connectivity index (χ2n) is 6.62. The number of hydrogen-bond donors (Lipinski definition) is 3. The normalized spacial score (nSPS) is 12.3. The SMILES string of the molecule is COc1ccc(C(=O)NCCN=C(N)NC(C)CCCC(C)C)cc1.I. The number of guanidine groups is 1. The molecule has 1 unspecified atom stereocenters. The molecule has 0 spiro atoms. The predicted molar refractivity (Wildman–Crippen MR) is 119 cm³/mol. The first kappa shape index (κ1) is 24.5. The Kier molecular flexibility index (Phi) is 12.9. The molecule has 1 rings (SSSR count). The van der Waals surface area contributed by atoms with Crippen molar-refractivity contribution in [3.05, 3.63) is 29.8 Å². The van der Waals surface area contributed by atoms with Crippen LogP contribution in [0.3, 0.4) is 0 Å². The van der Waals surface area contributed by atoms with Crippen molar-refractivity contribution in [3.63, 3.8) is 0 Å². The van der Waals surface area contributed by atoms with E-state index in [4.69, 9.17) is 10.5 Å². The fraction of sp³-hybridized carbons (Fsp3) is 0.579. The Balaban J connectivity index is 0.00000625. The van der Waals surface area contributed by atoms with Crippen molar-refractivity contribution >= 4 is 35.8 Å². The van der Waals surface area contributed by atoms with Crippen molar-refractivity contribution < 1.29 is 9.53 Å². The van der Waals surface area contributed by atoms with E-state index in [1.165, 1.54) is 12.8 Å². The summed E-state index contributed by atoms with van der Waals surface area (Å²) in [6.07, 6.45) is 3.47. The Hall–Kier alpha value is -1.51. The van der Waals surface area contributed by atoms with E-state index in [-0.39, 0.29) is 29.9 Å². The van der Waals surface area contributed by atoms with Crippen molar-refractivity contribution in [3.8, 4) is 5.75 Å². The van der Waals surface area contributed by atoms with Gasteiger partial charge in [-0.05, 0) is 43.5 Å². The van der Waals surface area contributed by atoms with Gasteiger partial charge in [0.15, 0.2) is 5.96 Å². The second-order valence-corrected chi connectivity index (χ2v) is 6.62. The first-order chi connectivity index (χ1) is 11.9. The van der Waals surface area contributed by atoms with Gasteiger partial charge < -0.3 is 21.1 Å². The second kappa shape index (κ2) is 13.7. The molecule has 26 heavy (non-hydrogen) atoms. The largest absolute Gasteiger partial charge is 0.497 e. The van der Waals surface area contributed by atoms with Crippen LogP contribution >= 0.6 is 24.0 Å². The van der Waals surface area contributed by atoms with Crippen LogP contribution in [0.4, 0.5) is 0 Å². The maximum Gasteiger partial charge on any atom is 0.251 e. The van der Waals surface area contributed by atoms with Crippen molar-refractivity contribution in [2.75, 3.05) is 20.2 Å². The van der Waals surface area contributed by atoms with E-state index >= 15 is 0 Å². The van der Waals surface area contributed by atoms with Crippen LogP contribution in [0.15, 0.2) is 29.3 Å². The smallest absolute Gasteiger partial charge is 0.251 e. The van der Waals surface area contributed by atoms with Gasteiger partial charge in [0, 0.05) is 18.2 Å². The Morgan fingerprint density at radius 1 is 1.19 bits per heavy atom. The molecule has 1 amide bonds. The van der Waals surface area contributed by atoms with Gasteiger partial charge in [-0.1, -0.05) is 26.7 Å². The minimum atomic E-state index is -0.133. The number of benzene rings is 1. The molecule has 0 saturated heterocycles. The lowest BCUT2D eigenvalue weighted by molar-refractivity contribution is 0.0955. The highest BCUT2D eigenvalue weighted by Crippen LogP contribution is 2.11. The molecule has 0 bridgehead atoms. The van der Waals surface area contributed by atoms with E-state index in [0.717, 1.165) is 18.1 Å². The van der Waals surface area contributed by atoms with Crippen LogP contribution in [-0.4, -0.2) is 38.1 Å². The molecule has 0 aliphatic carbocycles. The van der Waals surface area contributed by atoms with Crippen LogP contribution in [0, 0.1) is 5.92 Å². The quantitative estimate of drug-likeness (QED) is 0.210. The predicted octanol–water partition coefficient (Wildman–Crippen LogP) is 3.16. The summed E-state index contributed by atoms with van der Waals surface area (Å²) in [5, 5.41) is 6.01. The Morgan fingerprint density at radius 3 is 2.42 bits per heavy atom. The van der Waals surface area contributed by atoms with Crippen LogP contribution in [0.2, 0.25) is 0 Å². The highest BCUT2D eigenvalue weighted by molar-refractivity contribution is 14.0. The van der Waals surface area contributed by atoms with Crippen LogP contribution in [-0.2, 0) is 0 Å². The Labute approximate surface area is 174 Å².